The molecule has 1 rings (SSSR count). The molecule has 122 valence electrons. The molecule has 1 aliphatic heterocycles. The molecule has 1 unspecified atom stereocenters. The normalized spacial score (nSPS) is 21.0. The van der Waals surface area contributed by atoms with Crippen LogP contribution in [0.4, 0.5) is 18.0 Å². The van der Waals surface area contributed by atoms with Crippen molar-refractivity contribution in [3.8, 4) is 0 Å². The molecule has 0 bridgehead atoms. The van der Waals surface area contributed by atoms with Gasteiger partial charge in [0.25, 0.3) is 0 Å². The number of carbonyl (C=O) groups is 2. The van der Waals surface area contributed by atoms with Crippen LogP contribution < -0.4 is 0 Å². The topological polar surface area (TPSA) is 64.1 Å². The average Bonchev–Trinajstić information content (AvgIpc) is 2.45. The van der Waals surface area contributed by atoms with E-state index in [0.717, 1.165) is 6.54 Å². The average molecular weight is 311 g/mol. The van der Waals surface area contributed by atoms with Gasteiger partial charge < -0.3 is 19.8 Å². The zero-order chi connectivity index (χ0) is 16.2. The number of aliphatic carboxylic acids is 1. The molecule has 0 aliphatic carbocycles. The number of carboxylic acid groups (broad SMARTS) is 1. The van der Waals surface area contributed by atoms with Crippen LogP contribution in [0, 0.1) is 0 Å². The van der Waals surface area contributed by atoms with Crippen LogP contribution in [0.1, 0.15) is 13.3 Å². The molecule has 1 aliphatic rings. The van der Waals surface area contributed by atoms with Gasteiger partial charge in [-0.25, -0.2) is 4.79 Å². The fourth-order valence-electron chi connectivity index (χ4n) is 2.41. The Bertz CT molecular complexity index is 390. The van der Waals surface area contributed by atoms with Crippen molar-refractivity contribution in [1.82, 2.24) is 14.7 Å². The number of nitrogens with zero attached hydrogens (tertiary/aromatic N) is 3. The number of amides is 2. The molecule has 0 spiro atoms. The molecule has 6 nitrogen and oxygen atoms in total. The van der Waals surface area contributed by atoms with Crippen LogP contribution >= 0.6 is 0 Å². The molecule has 0 saturated carbocycles. The number of carbonyl (C=O) groups excluding carboxylic acids is 1. The first-order valence-corrected chi connectivity index (χ1v) is 6.63. The van der Waals surface area contributed by atoms with Crippen LogP contribution in [-0.4, -0.2) is 83.8 Å². The first-order chi connectivity index (χ1) is 9.60. The first-order valence-electron chi connectivity index (χ1n) is 6.63. The quantitative estimate of drug-likeness (QED) is 0.847. The summed E-state index contributed by atoms with van der Waals surface area (Å²) in [5.41, 5.74) is 0. The lowest BCUT2D eigenvalue weighted by Crippen LogP contribution is -2.52. The fraction of sp³-hybridized carbons (Fsp3) is 0.833. The van der Waals surface area contributed by atoms with Gasteiger partial charge in [-0.05, 0) is 26.9 Å². The smallest absolute Gasteiger partial charge is 0.406 e. The van der Waals surface area contributed by atoms with Gasteiger partial charge in [-0.2, -0.15) is 13.2 Å². The highest BCUT2D eigenvalue weighted by Crippen LogP contribution is 2.19. The van der Waals surface area contributed by atoms with E-state index in [1.165, 1.54) is 4.90 Å². The second-order valence-electron chi connectivity index (χ2n) is 5.31. The minimum Gasteiger partial charge on any atom is -0.480 e. The number of hydrogen-bond acceptors (Lipinski definition) is 3. The van der Waals surface area contributed by atoms with Crippen molar-refractivity contribution in [3.05, 3.63) is 0 Å². The molecule has 1 atom stereocenters. The molecule has 1 N–H and O–H groups in total. The van der Waals surface area contributed by atoms with E-state index >= 15 is 0 Å². The third-order valence-electron chi connectivity index (χ3n) is 3.26. The summed E-state index contributed by atoms with van der Waals surface area (Å²) in [6.45, 7) is 0.824. The van der Waals surface area contributed by atoms with Gasteiger partial charge in [-0.15, -0.1) is 0 Å². The van der Waals surface area contributed by atoms with Gasteiger partial charge in [0, 0.05) is 19.1 Å². The predicted molar refractivity (Wildman–Crippen MR) is 68.9 cm³/mol. The van der Waals surface area contributed by atoms with E-state index in [-0.39, 0.29) is 6.04 Å². The Morgan fingerprint density at radius 2 is 1.95 bits per heavy atom. The minimum absolute atomic E-state index is 0.269. The molecular formula is C12H20F3N3O3. The fourth-order valence-corrected chi connectivity index (χ4v) is 2.41. The SMILES string of the molecule is CC1CN(C)CCCN1C(=O)N(CC(=O)O)CC(F)(F)F. The lowest BCUT2D eigenvalue weighted by Gasteiger charge is -2.33. The van der Waals surface area contributed by atoms with E-state index in [9.17, 15) is 22.8 Å². The monoisotopic (exact) mass is 311 g/mol. The summed E-state index contributed by atoms with van der Waals surface area (Å²) in [6.07, 6.45) is -3.99. The van der Waals surface area contributed by atoms with Crippen molar-refractivity contribution in [2.24, 2.45) is 0 Å². The van der Waals surface area contributed by atoms with Crippen LogP contribution in [0.2, 0.25) is 0 Å². The van der Waals surface area contributed by atoms with Gasteiger partial charge in [0.15, 0.2) is 0 Å². The second-order valence-corrected chi connectivity index (χ2v) is 5.31. The van der Waals surface area contributed by atoms with Crippen molar-refractivity contribution >= 4 is 12.0 Å². The molecule has 1 heterocycles. The second kappa shape index (κ2) is 6.97. The molecule has 1 fully saturated rings. The lowest BCUT2D eigenvalue weighted by molar-refractivity contribution is -0.150. The zero-order valence-electron chi connectivity index (χ0n) is 12.1. The summed E-state index contributed by atoms with van der Waals surface area (Å²) >= 11 is 0. The van der Waals surface area contributed by atoms with Gasteiger partial charge in [-0.3, -0.25) is 4.79 Å². The Hall–Kier alpha value is -1.51. The number of carboxylic acids is 1. The summed E-state index contributed by atoms with van der Waals surface area (Å²) < 4.78 is 37.5. The number of alkyl halides is 3. The van der Waals surface area contributed by atoms with Crippen molar-refractivity contribution in [3.63, 3.8) is 0 Å². The molecule has 0 aromatic heterocycles. The van der Waals surface area contributed by atoms with Crippen molar-refractivity contribution in [2.45, 2.75) is 25.6 Å². The number of likely N-dealkylation sites (N-methyl/N-ethyl adjacent to an activating group) is 1. The standard InChI is InChI=1S/C12H20F3N3O3/c1-9-6-16(2)4-3-5-18(9)11(21)17(7-10(19)20)8-12(13,14)15/h9H,3-8H2,1-2H3,(H,19,20). The van der Waals surface area contributed by atoms with E-state index in [0.29, 0.717) is 24.4 Å². The zero-order valence-corrected chi connectivity index (χ0v) is 12.1. The molecule has 0 radical (unpaired) electrons. The summed E-state index contributed by atoms with van der Waals surface area (Å²) in [4.78, 5) is 26.6. The molecule has 0 aromatic carbocycles. The van der Waals surface area contributed by atoms with E-state index < -0.39 is 31.3 Å². The van der Waals surface area contributed by atoms with Gasteiger partial charge in [0.1, 0.15) is 13.1 Å². The molecule has 1 saturated heterocycles. The highest BCUT2D eigenvalue weighted by atomic mass is 19.4. The Morgan fingerprint density at radius 3 is 2.48 bits per heavy atom. The molecular weight excluding hydrogens is 291 g/mol. The van der Waals surface area contributed by atoms with E-state index in [1.54, 1.807) is 6.92 Å². The Balaban J connectivity index is 2.84. The lowest BCUT2D eigenvalue weighted by atomic mass is 10.3. The van der Waals surface area contributed by atoms with Gasteiger partial charge in [0.05, 0.1) is 0 Å². The Kier molecular flexibility index (Phi) is 5.82. The van der Waals surface area contributed by atoms with Crippen molar-refractivity contribution < 1.29 is 27.9 Å². The third kappa shape index (κ3) is 5.78. The highest BCUT2D eigenvalue weighted by Gasteiger charge is 2.37. The van der Waals surface area contributed by atoms with Crippen molar-refractivity contribution in [2.75, 3.05) is 39.8 Å². The van der Waals surface area contributed by atoms with E-state index in [2.05, 4.69) is 0 Å². The molecule has 21 heavy (non-hydrogen) atoms. The van der Waals surface area contributed by atoms with Gasteiger partial charge in [-0.1, -0.05) is 0 Å². The minimum atomic E-state index is -4.63. The molecule has 9 heteroatoms. The summed E-state index contributed by atoms with van der Waals surface area (Å²) in [5, 5.41) is 8.70. The third-order valence-corrected chi connectivity index (χ3v) is 3.26. The maximum absolute atomic E-state index is 12.5. The van der Waals surface area contributed by atoms with Gasteiger partial charge >= 0.3 is 18.2 Å². The number of urea groups is 1. The maximum atomic E-state index is 12.5. The van der Waals surface area contributed by atoms with Crippen LogP contribution in [0.25, 0.3) is 0 Å². The van der Waals surface area contributed by atoms with Crippen molar-refractivity contribution in [1.29, 1.82) is 0 Å². The first kappa shape index (κ1) is 17.5. The largest absolute Gasteiger partial charge is 0.480 e. The van der Waals surface area contributed by atoms with Crippen LogP contribution in [-0.2, 0) is 4.79 Å². The van der Waals surface area contributed by atoms with E-state index in [1.807, 2.05) is 11.9 Å². The highest BCUT2D eigenvalue weighted by molar-refractivity contribution is 5.80. The summed E-state index contributed by atoms with van der Waals surface area (Å²) in [7, 11) is 1.87. The summed E-state index contributed by atoms with van der Waals surface area (Å²) in [6, 6.07) is -1.15. The van der Waals surface area contributed by atoms with Gasteiger partial charge in [0.2, 0.25) is 0 Å². The summed E-state index contributed by atoms with van der Waals surface area (Å²) in [5.74, 6) is -1.47. The van der Waals surface area contributed by atoms with Crippen LogP contribution in [0.5, 0.6) is 0 Å². The Labute approximate surface area is 121 Å². The number of hydrogen-bond donors (Lipinski definition) is 1. The predicted octanol–water partition coefficient (Wildman–Crippen LogP) is 1.08. The van der Waals surface area contributed by atoms with E-state index in [4.69, 9.17) is 5.11 Å². The van der Waals surface area contributed by atoms with Crippen LogP contribution in [0.3, 0.4) is 0 Å². The Morgan fingerprint density at radius 1 is 1.33 bits per heavy atom. The maximum Gasteiger partial charge on any atom is 0.406 e. The number of rotatable bonds is 3. The van der Waals surface area contributed by atoms with Crippen LogP contribution in [0.15, 0.2) is 0 Å². The molecule has 2 amide bonds. The number of halogens is 3. The molecule has 0 aromatic rings.